The summed E-state index contributed by atoms with van der Waals surface area (Å²) in [7, 11) is 0. The molecule has 1 fully saturated rings. The van der Waals surface area contributed by atoms with Crippen LogP contribution < -0.4 is 0 Å². The van der Waals surface area contributed by atoms with Crippen LogP contribution in [-0.4, -0.2) is 5.78 Å². The summed E-state index contributed by atoms with van der Waals surface area (Å²) in [6.07, 6.45) is 6.33. The van der Waals surface area contributed by atoms with E-state index < -0.39 is 0 Å². The molecule has 116 valence electrons. The largest absolute Gasteiger partial charge is 0.289 e. The van der Waals surface area contributed by atoms with Gasteiger partial charge in [-0.3, -0.25) is 4.79 Å². The summed E-state index contributed by atoms with van der Waals surface area (Å²) >= 11 is 12.4. The third kappa shape index (κ3) is 3.74. The van der Waals surface area contributed by atoms with Crippen LogP contribution in [-0.2, 0) is 4.79 Å². The van der Waals surface area contributed by atoms with Crippen molar-refractivity contribution in [2.24, 2.45) is 0 Å². The average molecular weight is 343 g/mol. The molecule has 3 heteroatoms. The predicted molar refractivity (Wildman–Crippen MR) is 97.7 cm³/mol. The van der Waals surface area contributed by atoms with Crippen LogP contribution in [0.15, 0.2) is 59.7 Å². The molecule has 0 radical (unpaired) electrons. The molecule has 23 heavy (non-hydrogen) atoms. The average Bonchev–Trinajstić information content (AvgIpc) is 2.55. The quantitative estimate of drug-likeness (QED) is 0.592. The third-order valence-corrected chi connectivity index (χ3v) is 4.63. The first-order valence-corrected chi connectivity index (χ1v) is 8.35. The van der Waals surface area contributed by atoms with E-state index in [0.29, 0.717) is 10.0 Å². The van der Waals surface area contributed by atoms with E-state index in [0.717, 1.165) is 41.5 Å². The van der Waals surface area contributed by atoms with Crippen molar-refractivity contribution in [3.63, 3.8) is 0 Å². The second kappa shape index (κ2) is 7.16. The van der Waals surface area contributed by atoms with Gasteiger partial charge in [-0.05, 0) is 54.7 Å². The minimum atomic E-state index is 0.0936. The number of ketones is 1. The minimum Gasteiger partial charge on any atom is -0.289 e. The fraction of sp³-hybridized carbons (Fsp3) is 0.150. The molecule has 2 aromatic carbocycles. The van der Waals surface area contributed by atoms with Crippen LogP contribution in [0.25, 0.3) is 12.2 Å². The van der Waals surface area contributed by atoms with E-state index in [-0.39, 0.29) is 5.78 Å². The first-order valence-electron chi connectivity index (χ1n) is 7.60. The third-order valence-electron chi connectivity index (χ3n) is 3.95. The Morgan fingerprint density at radius 3 is 1.61 bits per heavy atom. The molecule has 1 aliphatic carbocycles. The molecule has 2 aromatic rings. The maximum Gasteiger partial charge on any atom is 0.185 e. The maximum absolute atomic E-state index is 12.7. The number of rotatable bonds is 2. The van der Waals surface area contributed by atoms with Crippen LogP contribution in [0.2, 0.25) is 10.0 Å². The van der Waals surface area contributed by atoms with Crippen LogP contribution in [0, 0.1) is 0 Å². The van der Waals surface area contributed by atoms with Crippen LogP contribution in [0.1, 0.15) is 30.4 Å². The molecule has 1 nitrogen and oxygen atoms in total. The zero-order chi connectivity index (χ0) is 16.2. The predicted octanol–water partition coefficient (Wildman–Crippen LogP) is 6.21. The van der Waals surface area contributed by atoms with E-state index in [1.807, 2.05) is 60.7 Å². The number of benzene rings is 2. The number of halogens is 2. The van der Waals surface area contributed by atoms with E-state index in [9.17, 15) is 4.79 Å². The van der Waals surface area contributed by atoms with Crippen molar-refractivity contribution in [2.75, 3.05) is 0 Å². The molecule has 0 aliphatic heterocycles. The Labute approximate surface area is 146 Å². The first kappa shape index (κ1) is 16.0. The van der Waals surface area contributed by atoms with Crippen molar-refractivity contribution in [1.29, 1.82) is 0 Å². The number of carbonyl (C=O) groups excluding carboxylic acids is 1. The summed E-state index contributed by atoms with van der Waals surface area (Å²) < 4.78 is 0. The lowest BCUT2D eigenvalue weighted by atomic mass is 9.87. The van der Waals surface area contributed by atoms with E-state index in [2.05, 4.69) is 0 Å². The Bertz CT molecular complexity index is 737. The van der Waals surface area contributed by atoms with Gasteiger partial charge in [0.2, 0.25) is 0 Å². The fourth-order valence-electron chi connectivity index (χ4n) is 2.74. The smallest absolute Gasteiger partial charge is 0.185 e. The molecule has 1 saturated carbocycles. The number of allylic oxidation sites excluding steroid dienone is 2. The van der Waals surface area contributed by atoms with Crippen LogP contribution in [0.4, 0.5) is 0 Å². The second-order valence-corrected chi connectivity index (χ2v) is 6.38. The molecular formula is C20H16Cl2O. The lowest BCUT2D eigenvalue weighted by Gasteiger charge is -2.17. The Morgan fingerprint density at radius 1 is 0.739 bits per heavy atom. The molecule has 0 amide bonds. The molecule has 3 rings (SSSR count). The summed E-state index contributed by atoms with van der Waals surface area (Å²) in [5.74, 6) is 0.0936. The van der Waals surface area contributed by atoms with E-state index in [1.165, 1.54) is 0 Å². The number of Topliss-reactive ketones (excluding diaryl/α,β-unsaturated/α-hetero) is 1. The highest BCUT2D eigenvalue weighted by molar-refractivity contribution is 6.32. The highest BCUT2D eigenvalue weighted by Gasteiger charge is 2.21. The molecule has 0 bridgehead atoms. The van der Waals surface area contributed by atoms with Gasteiger partial charge >= 0.3 is 0 Å². The lowest BCUT2D eigenvalue weighted by Crippen LogP contribution is -2.12. The summed E-state index contributed by atoms with van der Waals surface area (Å²) in [6.45, 7) is 0. The first-order chi connectivity index (χ1) is 11.1. The van der Waals surface area contributed by atoms with Crippen molar-refractivity contribution in [3.8, 4) is 0 Å². The van der Waals surface area contributed by atoms with Gasteiger partial charge in [0.25, 0.3) is 0 Å². The SMILES string of the molecule is O=C1/C(=C\c2ccccc2Cl)CCC/C1=C\c1ccccc1Cl. The van der Waals surface area contributed by atoms with E-state index in [1.54, 1.807) is 0 Å². The van der Waals surface area contributed by atoms with E-state index >= 15 is 0 Å². The van der Waals surface area contributed by atoms with Gasteiger partial charge in [0.1, 0.15) is 0 Å². The molecule has 0 atom stereocenters. The van der Waals surface area contributed by atoms with Crippen molar-refractivity contribution in [1.82, 2.24) is 0 Å². The Balaban J connectivity index is 1.93. The fourth-order valence-corrected chi connectivity index (χ4v) is 3.12. The summed E-state index contributed by atoms with van der Waals surface area (Å²) in [5, 5.41) is 1.32. The van der Waals surface area contributed by atoms with Gasteiger partial charge in [-0.25, -0.2) is 0 Å². The zero-order valence-corrected chi connectivity index (χ0v) is 14.1. The standard InChI is InChI=1S/C20H16Cl2O/c21-18-10-3-1-6-14(18)12-16-8-5-9-17(20(16)23)13-15-7-2-4-11-19(15)22/h1-4,6-7,10-13H,5,8-9H2/b16-12-,17-13+. The van der Waals surface area contributed by atoms with Gasteiger partial charge in [-0.1, -0.05) is 59.6 Å². The normalized spacial score (nSPS) is 18.6. The number of hydrogen-bond donors (Lipinski definition) is 0. The summed E-state index contributed by atoms with van der Waals surface area (Å²) in [6, 6.07) is 15.1. The molecule has 0 aromatic heterocycles. The van der Waals surface area contributed by atoms with Gasteiger partial charge in [0, 0.05) is 21.2 Å². The van der Waals surface area contributed by atoms with Gasteiger partial charge in [0.15, 0.2) is 5.78 Å². The van der Waals surface area contributed by atoms with Crippen LogP contribution in [0.3, 0.4) is 0 Å². The molecule has 0 saturated heterocycles. The molecule has 0 N–H and O–H groups in total. The number of hydrogen-bond acceptors (Lipinski definition) is 1. The topological polar surface area (TPSA) is 17.1 Å². The Kier molecular flexibility index (Phi) is 5.00. The number of carbonyl (C=O) groups is 1. The van der Waals surface area contributed by atoms with Crippen LogP contribution in [0.5, 0.6) is 0 Å². The molecular weight excluding hydrogens is 327 g/mol. The monoisotopic (exact) mass is 342 g/mol. The highest BCUT2D eigenvalue weighted by atomic mass is 35.5. The van der Waals surface area contributed by atoms with Gasteiger partial charge in [-0.15, -0.1) is 0 Å². The van der Waals surface area contributed by atoms with Crippen LogP contribution >= 0.6 is 23.2 Å². The molecule has 0 unspecified atom stereocenters. The van der Waals surface area contributed by atoms with Crippen molar-refractivity contribution >= 4 is 41.1 Å². The van der Waals surface area contributed by atoms with Gasteiger partial charge < -0.3 is 0 Å². The zero-order valence-electron chi connectivity index (χ0n) is 12.6. The minimum absolute atomic E-state index is 0.0936. The molecule has 1 aliphatic rings. The maximum atomic E-state index is 12.7. The molecule has 0 heterocycles. The Hall–Kier alpha value is -1.83. The second-order valence-electron chi connectivity index (χ2n) is 5.56. The van der Waals surface area contributed by atoms with Gasteiger partial charge in [0.05, 0.1) is 0 Å². The molecule has 0 spiro atoms. The highest BCUT2D eigenvalue weighted by Crippen LogP contribution is 2.30. The Morgan fingerprint density at radius 2 is 1.17 bits per heavy atom. The van der Waals surface area contributed by atoms with E-state index in [4.69, 9.17) is 23.2 Å². The van der Waals surface area contributed by atoms with Crippen molar-refractivity contribution < 1.29 is 4.79 Å². The summed E-state index contributed by atoms with van der Waals surface area (Å²) in [4.78, 5) is 12.7. The van der Waals surface area contributed by atoms with Gasteiger partial charge in [-0.2, -0.15) is 0 Å². The lowest BCUT2D eigenvalue weighted by molar-refractivity contribution is -0.112. The van der Waals surface area contributed by atoms with Crippen molar-refractivity contribution in [3.05, 3.63) is 80.8 Å². The van der Waals surface area contributed by atoms with Crippen molar-refractivity contribution in [2.45, 2.75) is 19.3 Å². The summed E-state index contributed by atoms with van der Waals surface area (Å²) in [5.41, 5.74) is 3.39.